The molecule has 9 nitrogen and oxygen atoms in total. The van der Waals surface area contributed by atoms with E-state index in [1.54, 1.807) is 20.4 Å². The van der Waals surface area contributed by atoms with Gasteiger partial charge in [0.1, 0.15) is 5.75 Å². The van der Waals surface area contributed by atoms with Crippen molar-refractivity contribution in [3.63, 3.8) is 0 Å². The van der Waals surface area contributed by atoms with Crippen molar-refractivity contribution in [3.05, 3.63) is 78.4 Å². The van der Waals surface area contributed by atoms with E-state index in [9.17, 15) is 4.79 Å². The maximum atomic E-state index is 12.5. The predicted octanol–water partition coefficient (Wildman–Crippen LogP) is 4.98. The topological polar surface area (TPSA) is 99.9 Å². The number of aromatic nitrogens is 3. The van der Waals surface area contributed by atoms with Gasteiger partial charge in [0, 0.05) is 11.3 Å². The first kappa shape index (κ1) is 26.7. The van der Waals surface area contributed by atoms with E-state index in [-0.39, 0.29) is 11.7 Å². The number of amides is 1. The minimum Gasteiger partial charge on any atom is -0.494 e. The second-order valence-corrected chi connectivity index (χ2v) is 8.99. The van der Waals surface area contributed by atoms with E-state index in [2.05, 4.69) is 27.6 Å². The van der Waals surface area contributed by atoms with Crippen molar-refractivity contribution in [2.75, 3.05) is 26.6 Å². The SMILES string of the molecule is CCCOc1ccc(C=NNC(=O)CSc2nnc(-c3ccc(OC)c(OC)c3)n2-c2ccccc2)cc1. The Kier molecular flexibility index (Phi) is 9.36. The Morgan fingerprint density at radius 1 is 1.00 bits per heavy atom. The summed E-state index contributed by atoms with van der Waals surface area (Å²) in [5.74, 6) is 2.47. The standard InChI is InChI=1S/C28H29N5O4S/c1-4-16-37-23-13-10-20(11-14-23)18-29-30-26(34)19-38-28-32-31-27(33(28)22-8-6-5-7-9-22)21-12-15-24(35-2)25(17-21)36-3/h5-15,17-18H,4,16,19H2,1-3H3,(H,30,34). The highest BCUT2D eigenvalue weighted by atomic mass is 32.2. The average molecular weight is 532 g/mol. The van der Waals surface area contributed by atoms with Gasteiger partial charge >= 0.3 is 0 Å². The molecule has 0 aliphatic carbocycles. The number of hydrazone groups is 1. The molecule has 0 radical (unpaired) electrons. The molecule has 3 aromatic carbocycles. The number of benzene rings is 3. The van der Waals surface area contributed by atoms with Crippen LogP contribution in [0.25, 0.3) is 17.1 Å². The number of rotatable bonds is 12. The maximum Gasteiger partial charge on any atom is 0.250 e. The number of hydrogen-bond acceptors (Lipinski definition) is 8. The van der Waals surface area contributed by atoms with Gasteiger partial charge in [-0.05, 0) is 66.6 Å². The van der Waals surface area contributed by atoms with Crippen LogP contribution in [-0.2, 0) is 4.79 Å². The lowest BCUT2D eigenvalue weighted by Gasteiger charge is -2.12. The largest absolute Gasteiger partial charge is 0.494 e. The number of methoxy groups -OCH3 is 2. The van der Waals surface area contributed by atoms with E-state index in [4.69, 9.17) is 14.2 Å². The van der Waals surface area contributed by atoms with Crippen molar-refractivity contribution >= 4 is 23.9 Å². The highest BCUT2D eigenvalue weighted by Crippen LogP contribution is 2.34. The van der Waals surface area contributed by atoms with Crippen molar-refractivity contribution in [2.24, 2.45) is 5.10 Å². The second kappa shape index (κ2) is 13.3. The Balaban J connectivity index is 1.46. The molecule has 38 heavy (non-hydrogen) atoms. The van der Waals surface area contributed by atoms with Crippen LogP contribution in [0.5, 0.6) is 17.2 Å². The van der Waals surface area contributed by atoms with Crippen LogP contribution in [0.4, 0.5) is 0 Å². The summed E-state index contributed by atoms with van der Waals surface area (Å²) < 4.78 is 18.3. The number of hydrogen-bond donors (Lipinski definition) is 1. The molecule has 0 aliphatic heterocycles. The number of ether oxygens (including phenoxy) is 3. The first-order valence-electron chi connectivity index (χ1n) is 12.0. The summed E-state index contributed by atoms with van der Waals surface area (Å²) in [5, 5.41) is 13.4. The maximum absolute atomic E-state index is 12.5. The summed E-state index contributed by atoms with van der Waals surface area (Å²) >= 11 is 1.27. The molecule has 4 aromatic rings. The van der Waals surface area contributed by atoms with Gasteiger partial charge in [-0.25, -0.2) is 5.43 Å². The molecule has 0 aliphatic rings. The van der Waals surface area contributed by atoms with E-state index in [1.807, 2.05) is 77.4 Å². The van der Waals surface area contributed by atoms with Crippen LogP contribution in [0, 0.1) is 0 Å². The molecule has 0 saturated heterocycles. The average Bonchev–Trinajstić information content (AvgIpc) is 3.39. The van der Waals surface area contributed by atoms with E-state index >= 15 is 0 Å². The highest BCUT2D eigenvalue weighted by molar-refractivity contribution is 7.99. The normalized spacial score (nSPS) is 10.9. The molecule has 0 fully saturated rings. The number of nitrogens with one attached hydrogen (secondary N) is 1. The summed E-state index contributed by atoms with van der Waals surface area (Å²) in [6, 6.07) is 22.8. The molecule has 0 spiro atoms. The van der Waals surface area contributed by atoms with Gasteiger partial charge in [0.25, 0.3) is 5.91 Å². The Bertz CT molecular complexity index is 1370. The summed E-state index contributed by atoms with van der Waals surface area (Å²) in [6.07, 6.45) is 2.54. The molecule has 1 aromatic heterocycles. The number of thioether (sulfide) groups is 1. The minimum absolute atomic E-state index is 0.109. The van der Waals surface area contributed by atoms with Gasteiger partial charge < -0.3 is 14.2 Å². The Morgan fingerprint density at radius 3 is 2.47 bits per heavy atom. The summed E-state index contributed by atoms with van der Waals surface area (Å²) in [5.41, 5.74) is 5.09. The molecule has 0 bridgehead atoms. The molecule has 4 rings (SSSR count). The number of carbonyl (C=O) groups is 1. The molecule has 0 atom stereocenters. The van der Waals surface area contributed by atoms with Gasteiger partial charge in [0.05, 0.1) is 32.8 Å². The fourth-order valence-corrected chi connectivity index (χ4v) is 4.29. The van der Waals surface area contributed by atoms with Gasteiger partial charge in [-0.15, -0.1) is 10.2 Å². The third kappa shape index (κ3) is 6.71. The first-order chi connectivity index (χ1) is 18.6. The third-order valence-corrected chi connectivity index (χ3v) is 6.31. The zero-order chi connectivity index (χ0) is 26.7. The minimum atomic E-state index is -0.260. The van der Waals surface area contributed by atoms with Crippen molar-refractivity contribution in [1.29, 1.82) is 0 Å². The van der Waals surface area contributed by atoms with Crippen molar-refractivity contribution in [1.82, 2.24) is 20.2 Å². The van der Waals surface area contributed by atoms with Crippen molar-refractivity contribution in [2.45, 2.75) is 18.5 Å². The second-order valence-electron chi connectivity index (χ2n) is 8.05. The van der Waals surface area contributed by atoms with Gasteiger partial charge in [-0.3, -0.25) is 9.36 Å². The third-order valence-electron chi connectivity index (χ3n) is 5.38. The quantitative estimate of drug-likeness (QED) is 0.156. The van der Waals surface area contributed by atoms with Crippen LogP contribution >= 0.6 is 11.8 Å². The van der Waals surface area contributed by atoms with E-state index < -0.39 is 0 Å². The first-order valence-corrected chi connectivity index (χ1v) is 13.0. The van der Waals surface area contributed by atoms with Crippen LogP contribution in [0.3, 0.4) is 0 Å². The van der Waals surface area contributed by atoms with Crippen LogP contribution in [0.2, 0.25) is 0 Å². The zero-order valence-corrected chi connectivity index (χ0v) is 22.3. The molecule has 1 heterocycles. The molecule has 1 amide bonds. The van der Waals surface area contributed by atoms with E-state index in [0.717, 1.165) is 29.0 Å². The molecule has 0 saturated carbocycles. The lowest BCUT2D eigenvalue weighted by Crippen LogP contribution is -2.20. The molecule has 1 N–H and O–H groups in total. The van der Waals surface area contributed by atoms with Gasteiger partial charge in [0.2, 0.25) is 0 Å². The van der Waals surface area contributed by atoms with Gasteiger partial charge in [-0.1, -0.05) is 36.9 Å². The smallest absolute Gasteiger partial charge is 0.250 e. The van der Waals surface area contributed by atoms with Gasteiger partial charge in [0.15, 0.2) is 22.5 Å². The van der Waals surface area contributed by atoms with Crippen LogP contribution in [-0.4, -0.2) is 53.5 Å². The molecule has 0 unspecified atom stereocenters. The number of para-hydroxylation sites is 1. The van der Waals surface area contributed by atoms with Crippen LogP contribution in [0.15, 0.2) is 83.1 Å². The summed E-state index contributed by atoms with van der Waals surface area (Å²) in [6.45, 7) is 2.74. The molecular weight excluding hydrogens is 502 g/mol. The zero-order valence-electron chi connectivity index (χ0n) is 21.5. The fourth-order valence-electron chi connectivity index (χ4n) is 3.55. The fraction of sp³-hybridized carbons (Fsp3) is 0.214. The lowest BCUT2D eigenvalue weighted by atomic mass is 10.2. The van der Waals surface area contributed by atoms with Crippen LogP contribution < -0.4 is 19.6 Å². The predicted molar refractivity (Wildman–Crippen MR) is 149 cm³/mol. The van der Waals surface area contributed by atoms with Crippen molar-refractivity contribution < 1.29 is 19.0 Å². The van der Waals surface area contributed by atoms with E-state index in [0.29, 0.717) is 29.1 Å². The summed E-state index contributed by atoms with van der Waals surface area (Å²) in [4.78, 5) is 12.5. The van der Waals surface area contributed by atoms with Crippen LogP contribution in [0.1, 0.15) is 18.9 Å². The number of carbonyl (C=O) groups excluding carboxylic acids is 1. The Labute approximate surface area is 225 Å². The Hall–Kier alpha value is -4.31. The lowest BCUT2D eigenvalue weighted by molar-refractivity contribution is -0.118. The van der Waals surface area contributed by atoms with Crippen molar-refractivity contribution in [3.8, 4) is 34.3 Å². The monoisotopic (exact) mass is 531 g/mol. The molecule has 196 valence electrons. The Morgan fingerprint density at radius 2 is 1.76 bits per heavy atom. The van der Waals surface area contributed by atoms with E-state index in [1.165, 1.54) is 11.8 Å². The summed E-state index contributed by atoms with van der Waals surface area (Å²) in [7, 11) is 3.18. The highest BCUT2D eigenvalue weighted by Gasteiger charge is 2.18. The van der Waals surface area contributed by atoms with Gasteiger partial charge in [-0.2, -0.15) is 5.10 Å². The molecular formula is C28H29N5O4S. The molecule has 10 heteroatoms. The number of nitrogens with zero attached hydrogens (tertiary/aromatic N) is 4.